The lowest BCUT2D eigenvalue weighted by atomic mass is 9.90. The maximum absolute atomic E-state index is 13.3. The van der Waals surface area contributed by atoms with Gasteiger partial charge in [0.25, 0.3) is 0 Å². The summed E-state index contributed by atoms with van der Waals surface area (Å²) in [6, 6.07) is 45.0. The number of hydrogen-bond donors (Lipinski definition) is 1. The van der Waals surface area contributed by atoms with Crippen molar-refractivity contribution in [3.05, 3.63) is 156 Å². The van der Waals surface area contributed by atoms with Crippen LogP contribution < -0.4 is 5.73 Å². The van der Waals surface area contributed by atoms with Gasteiger partial charge in [-0.1, -0.05) is 121 Å². The Balaban J connectivity index is 1.36. The van der Waals surface area contributed by atoms with Gasteiger partial charge >= 0.3 is 0 Å². The molecule has 2 heteroatoms. The lowest BCUT2D eigenvalue weighted by Gasteiger charge is -2.13. The smallest absolute Gasteiger partial charge is 0.187 e. The second-order valence-corrected chi connectivity index (χ2v) is 9.18. The van der Waals surface area contributed by atoms with E-state index in [0.29, 0.717) is 0 Å². The second-order valence-electron chi connectivity index (χ2n) is 9.18. The van der Waals surface area contributed by atoms with Crippen LogP contribution >= 0.6 is 0 Å². The number of carbonyl (C=O) groups is 1. The molecule has 0 aliphatic heterocycles. The van der Waals surface area contributed by atoms with Gasteiger partial charge in [-0.05, 0) is 62.7 Å². The van der Waals surface area contributed by atoms with E-state index in [9.17, 15) is 4.79 Å². The van der Waals surface area contributed by atoms with Crippen molar-refractivity contribution in [2.45, 2.75) is 0 Å². The highest BCUT2D eigenvalue weighted by Gasteiger charge is 2.27. The Morgan fingerprint density at radius 1 is 0.378 bits per heavy atom. The lowest BCUT2D eigenvalue weighted by Crippen LogP contribution is -1.97. The number of allylic oxidation sites excluding steroid dienone is 4. The summed E-state index contributed by atoms with van der Waals surface area (Å²) in [6.45, 7) is 0. The first-order valence-electron chi connectivity index (χ1n) is 12.4. The molecule has 0 atom stereocenters. The van der Waals surface area contributed by atoms with Crippen LogP contribution in [0.1, 0.15) is 16.7 Å². The second kappa shape index (κ2) is 9.60. The quantitative estimate of drug-likeness (QED) is 0.260. The third-order valence-corrected chi connectivity index (χ3v) is 6.82. The van der Waals surface area contributed by atoms with Crippen LogP contribution in [0.25, 0.3) is 39.0 Å². The fourth-order valence-electron chi connectivity index (χ4n) is 4.93. The third-order valence-electron chi connectivity index (χ3n) is 6.82. The normalized spacial score (nSPS) is 13.1. The first-order valence-corrected chi connectivity index (χ1v) is 12.4. The van der Waals surface area contributed by atoms with Gasteiger partial charge in [0.2, 0.25) is 0 Å². The molecule has 0 unspecified atom stereocenters. The van der Waals surface area contributed by atoms with Gasteiger partial charge in [0.1, 0.15) is 0 Å². The Morgan fingerprint density at radius 2 is 0.757 bits per heavy atom. The summed E-state index contributed by atoms with van der Waals surface area (Å²) >= 11 is 0. The summed E-state index contributed by atoms with van der Waals surface area (Å²) in [5, 5.41) is 0. The minimum atomic E-state index is 0.0401. The van der Waals surface area contributed by atoms with Crippen molar-refractivity contribution < 1.29 is 4.79 Å². The molecule has 1 aliphatic carbocycles. The maximum atomic E-state index is 13.3. The van der Waals surface area contributed by atoms with E-state index >= 15 is 0 Å². The first-order chi connectivity index (χ1) is 18.2. The summed E-state index contributed by atoms with van der Waals surface area (Å²) in [5.74, 6) is 0.0401. The molecule has 0 spiro atoms. The van der Waals surface area contributed by atoms with E-state index in [0.717, 1.165) is 61.4 Å². The predicted octanol–water partition coefficient (Wildman–Crippen LogP) is 8.18. The van der Waals surface area contributed by atoms with E-state index < -0.39 is 0 Å². The van der Waals surface area contributed by atoms with Gasteiger partial charge < -0.3 is 5.73 Å². The SMILES string of the molecule is Nc1ccc(-c2ccc(-c3ccc(C4=C(c5ccccc5)C(c5ccccc5)=CC4=O)cc3)cc2)cc1. The van der Waals surface area contributed by atoms with Crippen molar-refractivity contribution in [3.8, 4) is 22.3 Å². The van der Waals surface area contributed by atoms with E-state index in [1.807, 2.05) is 60.7 Å². The molecule has 2 N–H and O–H groups in total. The van der Waals surface area contributed by atoms with Crippen LogP contribution in [0.2, 0.25) is 0 Å². The predicted molar refractivity (Wildman–Crippen MR) is 154 cm³/mol. The van der Waals surface area contributed by atoms with Gasteiger partial charge in [0.05, 0.1) is 0 Å². The lowest BCUT2D eigenvalue weighted by molar-refractivity contribution is -0.109. The van der Waals surface area contributed by atoms with E-state index in [2.05, 4.69) is 72.8 Å². The molecule has 5 aromatic carbocycles. The van der Waals surface area contributed by atoms with Crippen LogP contribution in [-0.2, 0) is 4.79 Å². The molecule has 0 heterocycles. The average Bonchev–Trinajstić information content (AvgIpc) is 3.31. The van der Waals surface area contributed by atoms with Crippen LogP contribution in [0.15, 0.2) is 140 Å². The summed E-state index contributed by atoms with van der Waals surface area (Å²) in [7, 11) is 0. The van der Waals surface area contributed by atoms with Crippen molar-refractivity contribution in [1.82, 2.24) is 0 Å². The summed E-state index contributed by atoms with van der Waals surface area (Å²) < 4.78 is 0. The van der Waals surface area contributed by atoms with E-state index in [1.54, 1.807) is 6.08 Å². The molecule has 0 bridgehead atoms. The van der Waals surface area contributed by atoms with Crippen LogP contribution in [0.5, 0.6) is 0 Å². The Kier molecular flexibility index (Phi) is 5.84. The number of anilines is 1. The Labute approximate surface area is 217 Å². The number of benzene rings is 5. The molecule has 0 amide bonds. The zero-order chi connectivity index (χ0) is 25.2. The zero-order valence-electron chi connectivity index (χ0n) is 20.3. The fourth-order valence-corrected chi connectivity index (χ4v) is 4.93. The van der Waals surface area contributed by atoms with Gasteiger partial charge in [-0.2, -0.15) is 0 Å². The van der Waals surface area contributed by atoms with E-state index in [1.165, 1.54) is 0 Å². The first kappa shape index (κ1) is 22.5. The molecule has 37 heavy (non-hydrogen) atoms. The van der Waals surface area contributed by atoms with Gasteiger partial charge in [0.15, 0.2) is 5.78 Å². The number of hydrogen-bond acceptors (Lipinski definition) is 2. The number of nitrogens with two attached hydrogens (primary N) is 1. The molecule has 0 saturated carbocycles. The molecule has 6 rings (SSSR count). The third kappa shape index (κ3) is 4.41. The van der Waals surface area contributed by atoms with Crippen LogP contribution in [0.4, 0.5) is 5.69 Å². The molecule has 0 saturated heterocycles. The summed E-state index contributed by atoms with van der Waals surface area (Å²) in [6.07, 6.45) is 1.77. The number of nitrogen functional groups attached to an aromatic ring is 1. The number of rotatable bonds is 5. The van der Waals surface area contributed by atoms with Gasteiger partial charge in [-0.15, -0.1) is 0 Å². The van der Waals surface area contributed by atoms with Crippen LogP contribution in [0.3, 0.4) is 0 Å². The van der Waals surface area contributed by atoms with E-state index in [-0.39, 0.29) is 5.78 Å². The highest BCUT2D eigenvalue weighted by molar-refractivity contribution is 6.45. The molecule has 0 fully saturated rings. The van der Waals surface area contributed by atoms with Crippen LogP contribution in [-0.4, -0.2) is 5.78 Å². The van der Waals surface area contributed by atoms with Crippen molar-refractivity contribution >= 4 is 28.2 Å². The van der Waals surface area contributed by atoms with Crippen molar-refractivity contribution in [2.75, 3.05) is 5.73 Å². The highest BCUT2D eigenvalue weighted by Crippen LogP contribution is 2.43. The van der Waals surface area contributed by atoms with Gasteiger partial charge in [-0.25, -0.2) is 0 Å². The summed E-state index contributed by atoms with van der Waals surface area (Å²) in [4.78, 5) is 13.3. The Morgan fingerprint density at radius 3 is 1.24 bits per heavy atom. The molecule has 0 radical (unpaired) electrons. The van der Waals surface area contributed by atoms with Gasteiger partial charge in [0, 0.05) is 16.8 Å². The van der Waals surface area contributed by atoms with Crippen LogP contribution in [0, 0.1) is 0 Å². The Bertz CT molecular complexity index is 1630. The Hall–Kier alpha value is -4.95. The molecule has 1 aliphatic rings. The number of carbonyl (C=O) groups excluding carboxylic acids is 1. The molecule has 0 aromatic heterocycles. The topological polar surface area (TPSA) is 43.1 Å². The monoisotopic (exact) mass is 475 g/mol. The standard InChI is InChI=1S/C35H25NO/c36-31-21-19-27(20-22-31)25-13-11-24(12-14-25)26-15-17-30(18-16-26)35-33(37)23-32(28-7-3-1-4-8-28)34(35)29-9-5-2-6-10-29/h1-23H,36H2. The molecular weight excluding hydrogens is 450 g/mol. The van der Waals surface area contributed by atoms with Crippen molar-refractivity contribution in [2.24, 2.45) is 0 Å². The molecule has 5 aromatic rings. The van der Waals surface area contributed by atoms with Crippen molar-refractivity contribution in [1.29, 1.82) is 0 Å². The summed E-state index contributed by atoms with van der Waals surface area (Å²) in [5.41, 5.74) is 16.8. The highest BCUT2D eigenvalue weighted by atomic mass is 16.1. The zero-order valence-corrected chi connectivity index (χ0v) is 20.3. The number of ketones is 1. The van der Waals surface area contributed by atoms with Crippen molar-refractivity contribution in [3.63, 3.8) is 0 Å². The fraction of sp³-hybridized carbons (Fsp3) is 0. The largest absolute Gasteiger partial charge is 0.399 e. The minimum absolute atomic E-state index is 0.0401. The molecular formula is C35H25NO. The molecule has 176 valence electrons. The van der Waals surface area contributed by atoms with E-state index in [4.69, 9.17) is 5.73 Å². The minimum Gasteiger partial charge on any atom is -0.399 e. The van der Waals surface area contributed by atoms with Gasteiger partial charge in [-0.3, -0.25) is 4.79 Å². The molecule has 2 nitrogen and oxygen atoms in total. The maximum Gasteiger partial charge on any atom is 0.187 e. The average molecular weight is 476 g/mol.